The Hall–Kier alpha value is -1.52. The number of aromatic amines is 2. The minimum Gasteiger partial charge on any atom is -0.359 e. The molecule has 0 saturated carbocycles. The molecule has 0 bridgehead atoms. The number of nitrogens with one attached hydrogen (secondary N) is 2. The molecule has 0 radical (unpaired) electrons. The molecule has 4 N–H and O–H groups in total. The first-order valence-corrected chi connectivity index (χ1v) is 13.2. The van der Waals surface area contributed by atoms with E-state index >= 15 is 0 Å². The second kappa shape index (κ2) is 8.06. The molecule has 0 aliphatic carbocycles. The highest BCUT2D eigenvalue weighted by atomic mass is 79.9. The molecule has 0 unspecified atom stereocenters. The minimum absolute atomic E-state index is 0.0396. The summed E-state index contributed by atoms with van der Waals surface area (Å²) < 4.78 is 75.2. The van der Waals surface area contributed by atoms with Gasteiger partial charge in [-0.3, -0.25) is 9.11 Å². The number of halogens is 4. The first kappa shape index (κ1) is 23.6. The molecule has 0 fully saturated rings. The molecule has 0 spiro atoms. The molecule has 2 heterocycles. The smallest absolute Gasteiger partial charge is 0.359 e. The van der Waals surface area contributed by atoms with Crippen LogP contribution in [-0.2, 0) is 20.8 Å². The van der Waals surface area contributed by atoms with Crippen LogP contribution in [0.5, 0.6) is 11.5 Å². The average molecular weight is 651 g/mol. The summed E-state index contributed by atoms with van der Waals surface area (Å²) in [6, 6.07) is 6.19. The zero-order valence-electron chi connectivity index (χ0n) is 15.0. The van der Waals surface area contributed by atoms with Crippen molar-refractivity contribution >= 4 is 97.7 Å². The molecule has 170 valence electrons. The van der Waals surface area contributed by atoms with Crippen molar-refractivity contribution in [1.29, 1.82) is 0 Å². The van der Waals surface area contributed by atoms with Gasteiger partial charge in [0.05, 0.1) is 31.9 Å². The molecule has 4 rings (SSSR count). The molecule has 0 aliphatic rings. The van der Waals surface area contributed by atoms with Crippen molar-refractivity contribution < 1.29 is 34.3 Å². The van der Waals surface area contributed by atoms with Gasteiger partial charge in [0.25, 0.3) is 0 Å². The van der Waals surface area contributed by atoms with Gasteiger partial charge in [-0.2, -0.15) is 16.8 Å². The van der Waals surface area contributed by atoms with Crippen LogP contribution in [0.2, 0.25) is 10.0 Å². The van der Waals surface area contributed by atoms with Crippen LogP contribution in [0.15, 0.2) is 33.2 Å². The maximum atomic E-state index is 11.6. The van der Waals surface area contributed by atoms with E-state index in [9.17, 15) is 25.9 Å². The highest BCUT2D eigenvalue weighted by Crippen LogP contribution is 2.49. The van der Waals surface area contributed by atoms with Gasteiger partial charge in [0, 0.05) is 8.95 Å². The molecule has 10 nitrogen and oxygen atoms in total. The fourth-order valence-electron chi connectivity index (χ4n) is 3.12. The van der Waals surface area contributed by atoms with Gasteiger partial charge in [-0.1, -0.05) is 23.2 Å². The maximum absolute atomic E-state index is 11.6. The van der Waals surface area contributed by atoms with Crippen LogP contribution < -0.4 is 8.37 Å². The molecule has 0 saturated heterocycles. The van der Waals surface area contributed by atoms with Crippen molar-refractivity contribution in [3.8, 4) is 22.9 Å². The summed E-state index contributed by atoms with van der Waals surface area (Å²) in [5, 5.41) is 0.186. The second-order valence-electron chi connectivity index (χ2n) is 6.25. The van der Waals surface area contributed by atoms with Crippen LogP contribution >= 0.6 is 55.1 Å². The van der Waals surface area contributed by atoms with Crippen molar-refractivity contribution in [3.63, 3.8) is 0 Å². The Morgan fingerprint density at radius 1 is 0.719 bits per heavy atom. The van der Waals surface area contributed by atoms with E-state index in [0.717, 1.165) is 0 Å². The Labute approximate surface area is 207 Å². The summed E-state index contributed by atoms with van der Waals surface area (Å²) in [4.78, 5) is 5.69. The van der Waals surface area contributed by atoms with Crippen molar-refractivity contribution in [3.05, 3.63) is 43.3 Å². The van der Waals surface area contributed by atoms with Crippen LogP contribution in [0.1, 0.15) is 0 Å². The zero-order chi connectivity index (χ0) is 23.6. The Morgan fingerprint density at radius 2 is 1.06 bits per heavy atom. The summed E-state index contributed by atoms with van der Waals surface area (Å²) in [5.41, 5.74) is 0.213. The predicted molar refractivity (Wildman–Crippen MR) is 125 cm³/mol. The fraction of sp³-hybridized carbons (Fsp3) is 0. The Kier molecular flexibility index (Phi) is 5.95. The summed E-state index contributed by atoms with van der Waals surface area (Å²) in [7, 11) is -10.1. The Balaban J connectivity index is 2.16. The van der Waals surface area contributed by atoms with Gasteiger partial charge >= 0.3 is 20.8 Å². The van der Waals surface area contributed by atoms with E-state index in [4.69, 9.17) is 31.6 Å². The highest BCUT2D eigenvalue weighted by Gasteiger charge is 2.29. The lowest BCUT2D eigenvalue weighted by Crippen LogP contribution is -2.09. The van der Waals surface area contributed by atoms with Crippen LogP contribution in [0, 0.1) is 0 Å². The number of hydrogen-bond donors (Lipinski definition) is 4. The van der Waals surface area contributed by atoms with Gasteiger partial charge in [0.2, 0.25) is 0 Å². The number of aromatic nitrogens is 2. The van der Waals surface area contributed by atoms with Crippen LogP contribution in [0.25, 0.3) is 33.2 Å². The third kappa shape index (κ3) is 4.33. The minimum atomic E-state index is -5.04. The average Bonchev–Trinajstić information content (AvgIpc) is 3.18. The van der Waals surface area contributed by atoms with Gasteiger partial charge in [-0.15, -0.1) is 0 Å². The van der Waals surface area contributed by atoms with E-state index in [0.29, 0.717) is 8.95 Å². The summed E-state index contributed by atoms with van der Waals surface area (Å²) in [6.07, 6.45) is 0. The second-order valence-corrected chi connectivity index (χ2v) is 10.8. The molecular formula is C16H8Br2Cl2N2O8S2. The summed E-state index contributed by atoms with van der Waals surface area (Å²) in [6.45, 7) is 0. The SMILES string of the molecule is O=S(=O)(O)Oc1c(-c2[nH]c3ccc(Br)c(Cl)c3c2OS(=O)(=O)O)[nH]c2ccc(Br)c(Cl)c12. The zero-order valence-corrected chi connectivity index (χ0v) is 21.3. The van der Waals surface area contributed by atoms with E-state index in [-0.39, 0.29) is 43.2 Å². The lowest BCUT2D eigenvalue weighted by molar-refractivity contribution is 0.384. The van der Waals surface area contributed by atoms with Crippen LogP contribution in [0.4, 0.5) is 0 Å². The molecular weight excluding hydrogens is 643 g/mol. The standard InChI is InChI=1S/C16H8Br2Cl2N2O8S2/c17-5-1-3-7-9(11(5)19)15(29-31(23,24)25)13(21-7)14-16(30-32(26,27)28)10-8(22-14)4-2-6(18)12(10)20/h1-4,21-22H,(H,23,24,25)(H,26,27,28). The normalized spacial score (nSPS) is 12.6. The molecule has 32 heavy (non-hydrogen) atoms. The Bertz CT molecular complexity index is 1510. The molecule has 2 aromatic heterocycles. The first-order chi connectivity index (χ1) is 14.8. The van der Waals surface area contributed by atoms with Crippen molar-refractivity contribution in [2.75, 3.05) is 0 Å². The van der Waals surface area contributed by atoms with Crippen LogP contribution in [-0.4, -0.2) is 35.9 Å². The lowest BCUT2D eigenvalue weighted by atomic mass is 10.2. The highest BCUT2D eigenvalue weighted by molar-refractivity contribution is 9.10. The fourth-order valence-corrected chi connectivity index (χ4v) is 5.03. The molecule has 0 atom stereocenters. The Morgan fingerprint density at radius 3 is 1.38 bits per heavy atom. The number of rotatable bonds is 5. The number of hydrogen-bond acceptors (Lipinski definition) is 6. The number of H-pyrrole nitrogens is 2. The van der Waals surface area contributed by atoms with Gasteiger partial charge < -0.3 is 18.3 Å². The van der Waals surface area contributed by atoms with E-state index in [1.54, 1.807) is 12.1 Å². The van der Waals surface area contributed by atoms with Gasteiger partial charge in [0.15, 0.2) is 11.5 Å². The summed E-state index contributed by atoms with van der Waals surface area (Å²) >= 11 is 19.0. The summed E-state index contributed by atoms with van der Waals surface area (Å²) in [5.74, 6) is -0.925. The quantitative estimate of drug-likeness (QED) is 0.206. The monoisotopic (exact) mass is 648 g/mol. The first-order valence-electron chi connectivity index (χ1n) is 8.10. The van der Waals surface area contributed by atoms with Crippen molar-refractivity contribution in [2.45, 2.75) is 0 Å². The third-order valence-corrected chi connectivity index (χ3v) is 7.56. The van der Waals surface area contributed by atoms with E-state index in [2.05, 4.69) is 41.8 Å². The van der Waals surface area contributed by atoms with Gasteiger partial charge in [-0.25, -0.2) is 0 Å². The largest absolute Gasteiger partial charge is 0.446 e. The van der Waals surface area contributed by atoms with E-state index in [1.807, 2.05) is 0 Å². The molecule has 2 aromatic carbocycles. The van der Waals surface area contributed by atoms with E-state index in [1.165, 1.54) is 12.1 Å². The number of fused-ring (bicyclic) bond motifs is 2. The topological polar surface area (TPSA) is 159 Å². The van der Waals surface area contributed by atoms with Gasteiger partial charge in [-0.05, 0) is 56.1 Å². The molecule has 4 aromatic rings. The maximum Gasteiger partial charge on any atom is 0.446 e. The van der Waals surface area contributed by atoms with Crippen LogP contribution in [0.3, 0.4) is 0 Å². The molecule has 0 aliphatic heterocycles. The lowest BCUT2D eigenvalue weighted by Gasteiger charge is -2.07. The van der Waals surface area contributed by atoms with E-state index < -0.39 is 32.3 Å². The van der Waals surface area contributed by atoms with Crippen molar-refractivity contribution in [2.24, 2.45) is 0 Å². The third-order valence-electron chi connectivity index (χ3n) is 4.24. The molecule has 16 heteroatoms. The predicted octanol–water partition coefficient (Wildman–Crippen LogP) is 5.51. The van der Waals surface area contributed by atoms with Crippen molar-refractivity contribution in [1.82, 2.24) is 9.97 Å². The van der Waals surface area contributed by atoms with Gasteiger partial charge in [0.1, 0.15) is 11.4 Å². The number of benzene rings is 2. The molecule has 0 amide bonds.